The lowest BCUT2D eigenvalue weighted by Crippen LogP contribution is -2.07. The fourth-order valence-corrected chi connectivity index (χ4v) is 1.99. The fourth-order valence-electron chi connectivity index (χ4n) is 1.83. The van der Waals surface area contributed by atoms with Gasteiger partial charge in [-0.1, -0.05) is 23.7 Å². The van der Waals surface area contributed by atoms with Gasteiger partial charge in [-0.3, -0.25) is 0 Å². The lowest BCUT2D eigenvalue weighted by Gasteiger charge is -2.16. The molecule has 0 fully saturated rings. The largest absolute Gasteiger partial charge is 0.496 e. The van der Waals surface area contributed by atoms with Crippen molar-refractivity contribution >= 4 is 11.6 Å². The van der Waals surface area contributed by atoms with E-state index in [2.05, 4.69) is 0 Å². The van der Waals surface area contributed by atoms with Crippen LogP contribution in [-0.4, -0.2) is 12.2 Å². The summed E-state index contributed by atoms with van der Waals surface area (Å²) in [7, 11) is 1.35. The second-order valence-corrected chi connectivity index (χ2v) is 4.49. The number of ether oxygens (including phenoxy) is 1. The zero-order valence-corrected chi connectivity index (χ0v) is 11.1. The Kier molecular flexibility index (Phi) is 4.20. The predicted octanol–water partition coefficient (Wildman–Crippen LogP) is 3.85. The number of hydrogen-bond acceptors (Lipinski definition) is 2. The minimum Gasteiger partial charge on any atom is -0.496 e. The van der Waals surface area contributed by atoms with E-state index in [1.165, 1.54) is 25.3 Å². The molecule has 2 rings (SSSR count). The topological polar surface area (TPSA) is 29.5 Å². The summed E-state index contributed by atoms with van der Waals surface area (Å²) in [6.07, 6.45) is -1.50. The quantitative estimate of drug-likeness (QED) is 0.873. The summed E-state index contributed by atoms with van der Waals surface area (Å²) in [6.45, 7) is 0. The van der Waals surface area contributed by atoms with E-state index in [0.717, 1.165) is 12.1 Å². The summed E-state index contributed by atoms with van der Waals surface area (Å²) < 4.78 is 44.8. The van der Waals surface area contributed by atoms with E-state index >= 15 is 0 Å². The normalized spacial score (nSPS) is 12.3. The van der Waals surface area contributed by atoms with Gasteiger partial charge in [0.1, 0.15) is 11.9 Å². The van der Waals surface area contributed by atoms with Crippen molar-refractivity contribution in [3.63, 3.8) is 0 Å². The Balaban J connectivity index is 2.52. The van der Waals surface area contributed by atoms with Crippen molar-refractivity contribution < 1.29 is 23.0 Å². The van der Waals surface area contributed by atoms with E-state index in [1.807, 2.05) is 0 Å². The van der Waals surface area contributed by atoms with Crippen LogP contribution in [0.5, 0.6) is 5.75 Å². The highest BCUT2D eigenvalue weighted by Gasteiger charge is 2.23. The first-order chi connectivity index (χ1) is 9.45. The Morgan fingerprint density at radius 1 is 1.05 bits per heavy atom. The molecule has 0 aromatic heterocycles. The number of rotatable bonds is 3. The zero-order chi connectivity index (χ0) is 14.9. The Morgan fingerprint density at radius 3 is 2.35 bits per heavy atom. The molecular formula is C14H10ClF3O2. The van der Waals surface area contributed by atoms with Crippen molar-refractivity contribution in [2.45, 2.75) is 6.10 Å². The molecule has 6 heteroatoms. The monoisotopic (exact) mass is 302 g/mol. The summed E-state index contributed by atoms with van der Waals surface area (Å²) >= 11 is 5.78. The van der Waals surface area contributed by atoms with Gasteiger partial charge in [0.15, 0.2) is 17.5 Å². The van der Waals surface area contributed by atoms with Crippen LogP contribution >= 0.6 is 11.6 Å². The SMILES string of the molecule is COc1cc(Cl)ccc1C(O)c1ccc(F)c(F)c1F. The van der Waals surface area contributed by atoms with Crippen LogP contribution in [0.4, 0.5) is 13.2 Å². The molecule has 0 saturated heterocycles. The predicted molar refractivity (Wildman–Crippen MR) is 68.4 cm³/mol. The second kappa shape index (κ2) is 5.73. The summed E-state index contributed by atoms with van der Waals surface area (Å²) in [5.41, 5.74) is -0.189. The first kappa shape index (κ1) is 14.7. The first-order valence-corrected chi connectivity index (χ1v) is 5.98. The molecule has 1 unspecified atom stereocenters. The lowest BCUT2D eigenvalue weighted by atomic mass is 10.00. The highest BCUT2D eigenvalue weighted by Crippen LogP contribution is 2.33. The van der Waals surface area contributed by atoms with Gasteiger partial charge in [-0.2, -0.15) is 0 Å². The van der Waals surface area contributed by atoms with Gasteiger partial charge >= 0.3 is 0 Å². The molecule has 0 radical (unpaired) electrons. The van der Waals surface area contributed by atoms with Gasteiger partial charge in [-0.25, -0.2) is 13.2 Å². The number of aliphatic hydroxyl groups is 1. The second-order valence-electron chi connectivity index (χ2n) is 4.05. The maximum Gasteiger partial charge on any atom is 0.194 e. The Morgan fingerprint density at radius 2 is 1.70 bits per heavy atom. The van der Waals surface area contributed by atoms with Crippen molar-refractivity contribution in [1.82, 2.24) is 0 Å². The number of halogens is 4. The van der Waals surface area contributed by atoms with Crippen LogP contribution < -0.4 is 4.74 Å². The molecule has 0 aliphatic heterocycles. The van der Waals surface area contributed by atoms with Crippen LogP contribution in [0.15, 0.2) is 30.3 Å². The average molecular weight is 303 g/mol. The van der Waals surface area contributed by atoms with E-state index < -0.39 is 23.6 Å². The van der Waals surface area contributed by atoms with Gasteiger partial charge in [0.05, 0.1) is 7.11 Å². The van der Waals surface area contributed by atoms with E-state index in [4.69, 9.17) is 16.3 Å². The molecule has 106 valence electrons. The highest BCUT2D eigenvalue weighted by atomic mass is 35.5. The van der Waals surface area contributed by atoms with Crippen molar-refractivity contribution in [3.8, 4) is 5.75 Å². The smallest absolute Gasteiger partial charge is 0.194 e. The average Bonchev–Trinajstić information content (AvgIpc) is 2.44. The van der Waals surface area contributed by atoms with Gasteiger partial charge in [0, 0.05) is 16.1 Å². The minimum atomic E-state index is -1.63. The molecule has 2 aromatic carbocycles. The standard InChI is InChI=1S/C14H10ClF3O2/c1-20-11-6-7(15)2-3-8(11)14(19)9-4-5-10(16)13(18)12(9)17/h2-6,14,19H,1H3. The lowest BCUT2D eigenvalue weighted by molar-refractivity contribution is 0.207. The van der Waals surface area contributed by atoms with Crippen LogP contribution in [0.25, 0.3) is 0 Å². The van der Waals surface area contributed by atoms with Crippen molar-refractivity contribution in [2.24, 2.45) is 0 Å². The molecule has 0 heterocycles. The molecule has 0 amide bonds. The van der Waals surface area contributed by atoms with Crippen LogP contribution in [0, 0.1) is 17.5 Å². The highest BCUT2D eigenvalue weighted by molar-refractivity contribution is 6.30. The van der Waals surface area contributed by atoms with E-state index in [9.17, 15) is 18.3 Å². The maximum atomic E-state index is 13.7. The number of benzene rings is 2. The molecule has 0 saturated carbocycles. The summed E-state index contributed by atoms with van der Waals surface area (Å²) in [6, 6.07) is 6.05. The third-order valence-electron chi connectivity index (χ3n) is 2.85. The molecule has 2 aromatic rings. The fraction of sp³-hybridized carbons (Fsp3) is 0.143. The molecule has 20 heavy (non-hydrogen) atoms. The molecule has 0 aliphatic rings. The van der Waals surface area contributed by atoms with Gasteiger partial charge in [0.2, 0.25) is 0 Å². The summed E-state index contributed by atoms with van der Waals surface area (Å²) in [5.74, 6) is -4.17. The molecular weight excluding hydrogens is 293 g/mol. The summed E-state index contributed by atoms with van der Waals surface area (Å²) in [4.78, 5) is 0. The van der Waals surface area contributed by atoms with E-state index in [0.29, 0.717) is 5.02 Å². The number of hydrogen-bond donors (Lipinski definition) is 1. The third-order valence-corrected chi connectivity index (χ3v) is 3.08. The molecule has 2 nitrogen and oxygen atoms in total. The number of methoxy groups -OCH3 is 1. The summed E-state index contributed by atoms with van der Waals surface area (Å²) in [5, 5.41) is 10.5. The Hall–Kier alpha value is -1.72. The molecule has 0 bridgehead atoms. The minimum absolute atomic E-state index is 0.196. The number of aliphatic hydroxyl groups excluding tert-OH is 1. The van der Waals surface area contributed by atoms with Gasteiger partial charge in [0.25, 0.3) is 0 Å². The molecule has 1 N–H and O–H groups in total. The zero-order valence-electron chi connectivity index (χ0n) is 10.3. The third kappa shape index (κ3) is 2.59. The first-order valence-electron chi connectivity index (χ1n) is 5.60. The Labute approximate surface area is 118 Å². The van der Waals surface area contributed by atoms with Crippen molar-refractivity contribution in [2.75, 3.05) is 7.11 Å². The molecule has 0 spiro atoms. The Bertz CT molecular complexity index is 647. The van der Waals surface area contributed by atoms with Crippen molar-refractivity contribution in [1.29, 1.82) is 0 Å². The van der Waals surface area contributed by atoms with E-state index in [1.54, 1.807) is 0 Å². The molecule has 0 aliphatic carbocycles. The van der Waals surface area contributed by atoms with E-state index in [-0.39, 0.29) is 16.9 Å². The van der Waals surface area contributed by atoms with Crippen LogP contribution in [0.3, 0.4) is 0 Å². The van der Waals surface area contributed by atoms with Gasteiger partial charge < -0.3 is 9.84 Å². The van der Waals surface area contributed by atoms with Crippen LogP contribution in [-0.2, 0) is 0 Å². The maximum absolute atomic E-state index is 13.7. The van der Waals surface area contributed by atoms with Crippen LogP contribution in [0.1, 0.15) is 17.2 Å². The van der Waals surface area contributed by atoms with Crippen molar-refractivity contribution in [3.05, 3.63) is 63.9 Å². The van der Waals surface area contributed by atoms with Gasteiger partial charge in [-0.15, -0.1) is 0 Å². The van der Waals surface area contributed by atoms with Crippen LogP contribution in [0.2, 0.25) is 5.02 Å². The molecule has 1 atom stereocenters. The van der Waals surface area contributed by atoms with Gasteiger partial charge in [-0.05, 0) is 18.2 Å².